The van der Waals surface area contributed by atoms with Crippen molar-refractivity contribution < 1.29 is 19.2 Å². The minimum absolute atomic E-state index is 0.0705. The number of imide groups is 1. The number of hydrogen-bond donors (Lipinski definition) is 2. The van der Waals surface area contributed by atoms with Gasteiger partial charge in [0, 0.05) is 53.1 Å². The highest BCUT2D eigenvalue weighted by Crippen LogP contribution is 2.32. The van der Waals surface area contributed by atoms with E-state index in [1.54, 1.807) is 36.8 Å². The molecule has 2 aliphatic rings. The van der Waals surface area contributed by atoms with Gasteiger partial charge in [-0.2, -0.15) is 0 Å². The van der Waals surface area contributed by atoms with Gasteiger partial charge in [0.25, 0.3) is 5.91 Å². The molecule has 0 aliphatic carbocycles. The van der Waals surface area contributed by atoms with Crippen molar-refractivity contribution in [1.82, 2.24) is 30.2 Å². The highest BCUT2D eigenvalue weighted by atomic mass is 16.2. The van der Waals surface area contributed by atoms with Crippen LogP contribution in [0, 0.1) is 0 Å². The standard InChI is InChI=1S/C26H21N7O4/c34-23-7-6-22(25(36)29-23)33-12-19-18(26(33)37)2-1-3-20(19)28-24(35)14-32-13-21(30-31-32)16-4-5-17-11-27-9-8-15(17)10-16/h1-5,8-11,13,22H,6-7,12,14H2,(H,28,35)(H,29,34,36). The van der Waals surface area contributed by atoms with E-state index in [2.05, 4.69) is 25.9 Å². The maximum atomic E-state index is 13.0. The summed E-state index contributed by atoms with van der Waals surface area (Å²) in [5.74, 6) is -1.45. The summed E-state index contributed by atoms with van der Waals surface area (Å²) in [6.45, 7) is 0.0980. The van der Waals surface area contributed by atoms with Crippen LogP contribution in [0.2, 0.25) is 0 Å². The smallest absolute Gasteiger partial charge is 0.255 e. The van der Waals surface area contributed by atoms with E-state index in [0.717, 1.165) is 16.3 Å². The molecule has 0 radical (unpaired) electrons. The van der Waals surface area contributed by atoms with Gasteiger partial charge in [0.05, 0.1) is 6.20 Å². The van der Waals surface area contributed by atoms with Gasteiger partial charge in [-0.3, -0.25) is 29.5 Å². The van der Waals surface area contributed by atoms with Crippen LogP contribution in [0.5, 0.6) is 0 Å². The van der Waals surface area contributed by atoms with E-state index in [-0.39, 0.29) is 43.7 Å². The number of hydrogen-bond acceptors (Lipinski definition) is 7. The fourth-order valence-electron chi connectivity index (χ4n) is 4.79. The fourth-order valence-corrected chi connectivity index (χ4v) is 4.79. The summed E-state index contributed by atoms with van der Waals surface area (Å²) in [5, 5.41) is 15.5. The Hall–Kier alpha value is -4.93. The van der Waals surface area contributed by atoms with Crippen LogP contribution in [0.4, 0.5) is 5.69 Å². The van der Waals surface area contributed by atoms with Crippen molar-refractivity contribution in [2.45, 2.75) is 32.0 Å². The maximum absolute atomic E-state index is 13.0. The number of nitrogens with zero attached hydrogens (tertiary/aromatic N) is 5. The second-order valence-electron chi connectivity index (χ2n) is 9.02. The lowest BCUT2D eigenvalue weighted by Crippen LogP contribution is -2.52. The summed E-state index contributed by atoms with van der Waals surface area (Å²) >= 11 is 0. The Kier molecular flexibility index (Phi) is 5.44. The summed E-state index contributed by atoms with van der Waals surface area (Å²) in [4.78, 5) is 55.2. The zero-order chi connectivity index (χ0) is 25.5. The minimum atomic E-state index is -0.721. The Balaban J connectivity index is 1.16. The molecule has 2 N–H and O–H groups in total. The number of benzene rings is 2. The number of aromatic nitrogens is 4. The van der Waals surface area contributed by atoms with E-state index < -0.39 is 11.9 Å². The van der Waals surface area contributed by atoms with Crippen LogP contribution in [0.25, 0.3) is 22.0 Å². The molecule has 1 unspecified atom stereocenters. The van der Waals surface area contributed by atoms with Gasteiger partial charge in [-0.1, -0.05) is 23.4 Å². The highest BCUT2D eigenvalue weighted by Gasteiger charge is 2.39. The van der Waals surface area contributed by atoms with Gasteiger partial charge in [0.15, 0.2) is 0 Å². The summed E-state index contributed by atoms with van der Waals surface area (Å²) in [6.07, 6.45) is 5.67. The van der Waals surface area contributed by atoms with Crippen molar-refractivity contribution in [2.75, 3.05) is 5.32 Å². The first-order valence-corrected chi connectivity index (χ1v) is 11.8. The molecule has 11 nitrogen and oxygen atoms in total. The third kappa shape index (κ3) is 4.20. The second-order valence-corrected chi connectivity index (χ2v) is 9.02. The molecule has 37 heavy (non-hydrogen) atoms. The number of carbonyl (C=O) groups is 4. The third-order valence-electron chi connectivity index (χ3n) is 6.64. The Morgan fingerprint density at radius 3 is 2.86 bits per heavy atom. The second kappa shape index (κ2) is 8.94. The van der Waals surface area contributed by atoms with Crippen molar-refractivity contribution in [3.8, 4) is 11.3 Å². The van der Waals surface area contributed by atoms with Crippen LogP contribution in [0.15, 0.2) is 61.1 Å². The first kappa shape index (κ1) is 22.5. The molecule has 2 aromatic carbocycles. The average molecular weight is 495 g/mol. The molecule has 2 aliphatic heterocycles. The molecule has 0 bridgehead atoms. The van der Waals surface area contributed by atoms with Crippen LogP contribution in [0.3, 0.4) is 0 Å². The first-order valence-electron chi connectivity index (χ1n) is 11.8. The van der Waals surface area contributed by atoms with Crippen molar-refractivity contribution >= 4 is 40.1 Å². The Labute approximate surface area is 210 Å². The molecular formula is C26H21N7O4. The van der Waals surface area contributed by atoms with Crippen molar-refractivity contribution in [3.63, 3.8) is 0 Å². The number of fused-ring (bicyclic) bond motifs is 2. The average Bonchev–Trinajstić information content (AvgIpc) is 3.49. The predicted octanol–water partition coefficient (Wildman–Crippen LogP) is 1.89. The molecule has 4 amide bonds. The van der Waals surface area contributed by atoms with Crippen molar-refractivity contribution in [3.05, 3.63) is 72.2 Å². The van der Waals surface area contributed by atoms with Gasteiger partial charge in [-0.15, -0.1) is 5.10 Å². The summed E-state index contributed by atoms with van der Waals surface area (Å²) in [5.41, 5.74) is 3.07. The topological polar surface area (TPSA) is 139 Å². The number of amides is 4. The number of carbonyl (C=O) groups excluding carboxylic acids is 4. The summed E-state index contributed by atoms with van der Waals surface area (Å²) < 4.78 is 1.45. The maximum Gasteiger partial charge on any atom is 0.255 e. The number of piperidine rings is 1. The van der Waals surface area contributed by atoms with Gasteiger partial charge in [-0.25, -0.2) is 4.68 Å². The number of anilines is 1. The minimum Gasteiger partial charge on any atom is -0.324 e. The number of rotatable bonds is 5. The molecule has 1 fully saturated rings. The van der Waals surface area contributed by atoms with Gasteiger partial charge in [0.1, 0.15) is 18.3 Å². The number of nitrogens with one attached hydrogen (secondary N) is 2. The van der Waals surface area contributed by atoms with Gasteiger partial charge < -0.3 is 10.2 Å². The fraction of sp³-hybridized carbons (Fsp3) is 0.192. The quantitative estimate of drug-likeness (QED) is 0.403. The van der Waals surface area contributed by atoms with E-state index in [0.29, 0.717) is 22.5 Å². The Morgan fingerprint density at radius 1 is 1.11 bits per heavy atom. The molecule has 4 heterocycles. The third-order valence-corrected chi connectivity index (χ3v) is 6.64. The van der Waals surface area contributed by atoms with Crippen molar-refractivity contribution in [2.24, 2.45) is 0 Å². The van der Waals surface area contributed by atoms with E-state index in [4.69, 9.17) is 0 Å². The lowest BCUT2D eigenvalue weighted by Gasteiger charge is -2.29. The lowest BCUT2D eigenvalue weighted by atomic mass is 10.0. The SMILES string of the molecule is O=C1CCC(N2Cc3c(NC(=O)Cn4cc(-c5ccc6cnccc6c5)nn4)cccc3C2=O)C(=O)N1. The summed E-state index contributed by atoms with van der Waals surface area (Å²) in [7, 11) is 0. The molecule has 1 atom stereocenters. The molecular weight excluding hydrogens is 474 g/mol. The van der Waals surface area contributed by atoms with Gasteiger partial charge in [0.2, 0.25) is 17.7 Å². The molecule has 6 rings (SSSR count). The molecule has 0 saturated carbocycles. The predicted molar refractivity (Wildman–Crippen MR) is 132 cm³/mol. The van der Waals surface area contributed by atoms with Crippen LogP contribution >= 0.6 is 0 Å². The molecule has 184 valence electrons. The van der Waals surface area contributed by atoms with Crippen LogP contribution in [0.1, 0.15) is 28.8 Å². The van der Waals surface area contributed by atoms with E-state index in [1.807, 2.05) is 24.3 Å². The van der Waals surface area contributed by atoms with Crippen LogP contribution < -0.4 is 10.6 Å². The zero-order valence-electron chi connectivity index (χ0n) is 19.5. The van der Waals surface area contributed by atoms with E-state index in [9.17, 15) is 19.2 Å². The first-order chi connectivity index (χ1) is 18.0. The molecule has 2 aromatic heterocycles. The van der Waals surface area contributed by atoms with Gasteiger partial charge in [-0.05, 0) is 36.1 Å². The zero-order valence-corrected chi connectivity index (χ0v) is 19.5. The van der Waals surface area contributed by atoms with E-state index in [1.165, 1.54) is 9.58 Å². The van der Waals surface area contributed by atoms with Crippen molar-refractivity contribution in [1.29, 1.82) is 0 Å². The van der Waals surface area contributed by atoms with Crippen LogP contribution in [-0.4, -0.2) is 54.5 Å². The monoisotopic (exact) mass is 495 g/mol. The number of pyridine rings is 1. The lowest BCUT2D eigenvalue weighted by molar-refractivity contribution is -0.137. The highest BCUT2D eigenvalue weighted by molar-refractivity contribution is 6.06. The van der Waals surface area contributed by atoms with E-state index >= 15 is 0 Å². The molecule has 11 heteroatoms. The van der Waals surface area contributed by atoms with Gasteiger partial charge >= 0.3 is 0 Å². The summed E-state index contributed by atoms with van der Waals surface area (Å²) in [6, 6.07) is 12.1. The normalized spacial score (nSPS) is 17.1. The molecule has 4 aromatic rings. The largest absolute Gasteiger partial charge is 0.324 e. The molecule has 1 saturated heterocycles. The Bertz CT molecular complexity index is 1590. The Morgan fingerprint density at radius 2 is 2.00 bits per heavy atom. The molecule has 0 spiro atoms. The van der Waals surface area contributed by atoms with Crippen LogP contribution in [-0.2, 0) is 27.5 Å².